The van der Waals surface area contributed by atoms with Gasteiger partial charge in [-0.25, -0.2) is 4.79 Å². The molecule has 0 saturated carbocycles. The van der Waals surface area contributed by atoms with Crippen molar-refractivity contribution in [1.29, 1.82) is 0 Å². The van der Waals surface area contributed by atoms with E-state index >= 15 is 0 Å². The third-order valence-electron chi connectivity index (χ3n) is 2.74. The van der Waals surface area contributed by atoms with Crippen molar-refractivity contribution in [3.63, 3.8) is 0 Å². The Morgan fingerprint density at radius 1 is 1.33 bits per heavy atom. The predicted molar refractivity (Wildman–Crippen MR) is 71.3 cm³/mol. The summed E-state index contributed by atoms with van der Waals surface area (Å²) >= 11 is 0. The number of aromatic carboxylic acids is 1. The van der Waals surface area contributed by atoms with Crippen molar-refractivity contribution in [2.24, 2.45) is 0 Å². The van der Waals surface area contributed by atoms with Crippen molar-refractivity contribution in [2.45, 2.75) is 20.3 Å². The number of benzene rings is 1. The van der Waals surface area contributed by atoms with Crippen molar-refractivity contribution >= 4 is 5.97 Å². The van der Waals surface area contributed by atoms with Crippen molar-refractivity contribution in [3.8, 4) is 5.75 Å². The molecule has 18 heavy (non-hydrogen) atoms. The quantitative estimate of drug-likeness (QED) is 0.771. The standard InChI is InChI=1S/C14H21NO3/c1-3-8-15(4-2)9-10-18-13-7-5-6-12(11-13)14(16)17/h5-7,11H,3-4,8-10H2,1-2H3,(H,16,17). The molecule has 0 saturated heterocycles. The second-order valence-corrected chi connectivity index (χ2v) is 4.12. The van der Waals surface area contributed by atoms with Gasteiger partial charge in [0.05, 0.1) is 5.56 Å². The maximum absolute atomic E-state index is 10.8. The molecule has 0 atom stereocenters. The van der Waals surface area contributed by atoms with Gasteiger partial charge in [-0.1, -0.05) is 19.9 Å². The minimum Gasteiger partial charge on any atom is -0.492 e. The van der Waals surface area contributed by atoms with Gasteiger partial charge in [0.2, 0.25) is 0 Å². The van der Waals surface area contributed by atoms with E-state index < -0.39 is 5.97 Å². The number of likely N-dealkylation sites (N-methyl/N-ethyl adjacent to an activating group) is 1. The van der Waals surface area contributed by atoms with Gasteiger partial charge in [0, 0.05) is 6.54 Å². The van der Waals surface area contributed by atoms with Gasteiger partial charge in [-0.15, -0.1) is 0 Å². The normalized spacial score (nSPS) is 10.6. The zero-order valence-electron chi connectivity index (χ0n) is 11.1. The zero-order chi connectivity index (χ0) is 13.4. The number of carboxylic acid groups (broad SMARTS) is 1. The third kappa shape index (κ3) is 4.75. The fourth-order valence-corrected chi connectivity index (χ4v) is 1.76. The second-order valence-electron chi connectivity index (χ2n) is 4.12. The highest BCUT2D eigenvalue weighted by molar-refractivity contribution is 5.87. The number of carbonyl (C=O) groups is 1. The van der Waals surface area contributed by atoms with E-state index in [1.165, 1.54) is 0 Å². The SMILES string of the molecule is CCCN(CC)CCOc1cccc(C(=O)O)c1. The van der Waals surface area contributed by atoms with Gasteiger partial charge in [-0.05, 0) is 37.7 Å². The highest BCUT2D eigenvalue weighted by Gasteiger charge is 2.04. The molecule has 100 valence electrons. The first-order valence-electron chi connectivity index (χ1n) is 6.35. The van der Waals surface area contributed by atoms with Crippen molar-refractivity contribution < 1.29 is 14.6 Å². The van der Waals surface area contributed by atoms with Crippen LogP contribution in [0.1, 0.15) is 30.6 Å². The van der Waals surface area contributed by atoms with Crippen LogP contribution in [0.2, 0.25) is 0 Å². The van der Waals surface area contributed by atoms with Gasteiger partial charge in [-0.3, -0.25) is 0 Å². The van der Waals surface area contributed by atoms with Crippen LogP contribution in [0.3, 0.4) is 0 Å². The Bertz CT molecular complexity index is 379. The minimum absolute atomic E-state index is 0.258. The maximum Gasteiger partial charge on any atom is 0.335 e. The molecule has 0 aliphatic rings. The predicted octanol–water partition coefficient (Wildman–Crippen LogP) is 2.50. The lowest BCUT2D eigenvalue weighted by molar-refractivity contribution is 0.0696. The number of ether oxygens (including phenoxy) is 1. The molecule has 0 amide bonds. The summed E-state index contributed by atoms with van der Waals surface area (Å²) < 4.78 is 5.57. The molecule has 0 radical (unpaired) electrons. The fraction of sp³-hybridized carbons (Fsp3) is 0.500. The van der Waals surface area contributed by atoms with Crippen LogP contribution in [0.4, 0.5) is 0 Å². The van der Waals surface area contributed by atoms with Crippen molar-refractivity contribution in [1.82, 2.24) is 4.90 Å². The summed E-state index contributed by atoms with van der Waals surface area (Å²) in [5, 5.41) is 8.87. The summed E-state index contributed by atoms with van der Waals surface area (Å²) in [5.41, 5.74) is 0.258. The first kappa shape index (κ1) is 14.5. The van der Waals surface area contributed by atoms with Crippen LogP contribution < -0.4 is 4.74 Å². The molecule has 4 nitrogen and oxygen atoms in total. The number of hydrogen-bond donors (Lipinski definition) is 1. The van der Waals surface area contributed by atoms with Crippen molar-refractivity contribution in [2.75, 3.05) is 26.2 Å². The summed E-state index contributed by atoms with van der Waals surface area (Å²) in [6.07, 6.45) is 1.13. The Morgan fingerprint density at radius 2 is 2.11 bits per heavy atom. The molecule has 0 heterocycles. The molecule has 0 aliphatic heterocycles. The first-order valence-corrected chi connectivity index (χ1v) is 6.35. The average molecular weight is 251 g/mol. The first-order chi connectivity index (χ1) is 8.67. The molecule has 0 aliphatic carbocycles. The van der Waals surface area contributed by atoms with Crippen LogP contribution in [0.25, 0.3) is 0 Å². The van der Waals surface area contributed by atoms with E-state index in [0.717, 1.165) is 26.1 Å². The van der Waals surface area contributed by atoms with Gasteiger partial charge in [0.25, 0.3) is 0 Å². The van der Waals surface area contributed by atoms with E-state index in [4.69, 9.17) is 9.84 Å². The molecule has 0 aromatic heterocycles. The highest BCUT2D eigenvalue weighted by atomic mass is 16.5. The topological polar surface area (TPSA) is 49.8 Å². The zero-order valence-corrected chi connectivity index (χ0v) is 11.1. The van der Waals surface area contributed by atoms with Crippen LogP contribution in [0.15, 0.2) is 24.3 Å². The summed E-state index contributed by atoms with van der Waals surface area (Å²) in [4.78, 5) is 13.1. The molecule has 4 heteroatoms. The molecule has 1 aromatic carbocycles. The molecule has 1 rings (SSSR count). The second kappa shape index (κ2) is 7.71. The molecular formula is C14H21NO3. The van der Waals surface area contributed by atoms with Crippen LogP contribution >= 0.6 is 0 Å². The summed E-state index contributed by atoms with van der Waals surface area (Å²) in [5.74, 6) is -0.316. The van der Waals surface area contributed by atoms with Gasteiger partial charge in [-0.2, -0.15) is 0 Å². The number of carboxylic acids is 1. The maximum atomic E-state index is 10.8. The number of nitrogens with zero attached hydrogens (tertiary/aromatic N) is 1. The van der Waals surface area contributed by atoms with Crippen LogP contribution in [0, 0.1) is 0 Å². The van der Waals surface area contributed by atoms with Gasteiger partial charge >= 0.3 is 5.97 Å². The van der Waals surface area contributed by atoms with Gasteiger partial charge < -0.3 is 14.7 Å². The molecule has 0 spiro atoms. The van der Waals surface area contributed by atoms with Crippen LogP contribution in [-0.4, -0.2) is 42.2 Å². The molecule has 1 N–H and O–H groups in total. The van der Waals surface area contributed by atoms with Gasteiger partial charge in [0.15, 0.2) is 0 Å². The Hall–Kier alpha value is -1.55. The molecule has 0 bridgehead atoms. The Labute approximate surface area is 108 Å². The number of hydrogen-bond acceptors (Lipinski definition) is 3. The molecule has 0 unspecified atom stereocenters. The molecule has 1 aromatic rings. The van der Waals surface area contributed by atoms with E-state index in [1.807, 2.05) is 0 Å². The van der Waals surface area contributed by atoms with Crippen molar-refractivity contribution in [3.05, 3.63) is 29.8 Å². The monoisotopic (exact) mass is 251 g/mol. The average Bonchev–Trinajstić information content (AvgIpc) is 2.38. The third-order valence-corrected chi connectivity index (χ3v) is 2.74. The van der Waals surface area contributed by atoms with E-state index in [1.54, 1.807) is 24.3 Å². The lowest BCUT2D eigenvalue weighted by Crippen LogP contribution is -2.29. The Kier molecular flexibility index (Phi) is 6.22. The Morgan fingerprint density at radius 3 is 2.72 bits per heavy atom. The summed E-state index contributed by atoms with van der Waals surface area (Å²) in [6.45, 7) is 7.79. The van der Waals surface area contributed by atoms with E-state index in [0.29, 0.717) is 12.4 Å². The minimum atomic E-state index is -0.929. The summed E-state index contributed by atoms with van der Waals surface area (Å²) in [6, 6.07) is 6.59. The van der Waals surface area contributed by atoms with Crippen LogP contribution in [0.5, 0.6) is 5.75 Å². The Balaban J connectivity index is 2.43. The molecule has 0 fully saturated rings. The smallest absolute Gasteiger partial charge is 0.335 e. The lowest BCUT2D eigenvalue weighted by atomic mass is 10.2. The number of rotatable bonds is 8. The fourth-order valence-electron chi connectivity index (χ4n) is 1.76. The van der Waals surface area contributed by atoms with E-state index in [-0.39, 0.29) is 5.56 Å². The lowest BCUT2D eigenvalue weighted by Gasteiger charge is -2.19. The summed E-state index contributed by atoms with van der Waals surface area (Å²) in [7, 11) is 0. The molecular weight excluding hydrogens is 230 g/mol. The van der Waals surface area contributed by atoms with E-state index in [9.17, 15) is 4.79 Å². The van der Waals surface area contributed by atoms with Gasteiger partial charge in [0.1, 0.15) is 12.4 Å². The largest absolute Gasteiger partial charge is 0.492 e. The van der Waals surface area contributed by atoms with Crippen LogP contribution in [-0.2, 0) is 0 Å². The highest BCUT2D eigenvalue weighted by Crippen LogP contribution is 2.13. The van der Waals surface area contributed by atoms with E-state index in [2.05, 4.69) is 18.7 Å².